The molecule has 1 aliphatic carbocycles. The number of likely N-dealkylation sites (N-methyl/N-ethyl adjacent to an activating group) is 1. The van der Waals surface area contributed by atoms with Crippen LogP contribution in [-0.2, 0) is 10.2 Å². The maximum Gasteiger partial charge on any atom is 0.148 e. The van der Waals surface area contributed by atoms with Gasteiger partial charge in [0.05, 0.1) is 24.7 Å². The molecule has 1 unspecified atom stereocenters. The zero-order valence-corrected chi connectivity index (χ0v) is 14.2. The van der Waals surface area contributed by atoms with Gasteiger partial charge in [0, 0.05) is 30.0 Å². The van der Waals surface area contributed by atoms with Gasteiger partial charge in [-0.25, -0.2) is 0 Å². The third-order valence-electron chi connectivity index (χ3n) is 7.17. The van der Waals surface area contributed by atoms with Crippen molar-refractivity contribution in [3.8, 4) is 5.75 Å². The normalized spacial score (nSPS) is 40.3. The predicted molar refractivity (Wildman–Crippen MR) is 92.7 cm³/mol. The first kappa shape index (κ1) is 14.3. The molecule has 4 nitrogen and oxygen atoms in total. The van der Waals surface area contributed by atoms with E-state index in [1.807, 2.05) is 6.07 Å². The van der Waals surface area contributed by atoms with Crippen LogP contribution in [0.15, 0.2) is 41.1 Å². The molecule has 5 rings (SSSR count). The average Bonchev–Trinajstić information content (AvgIpc) is 3.09. The first-order chi connectivity index (χ1) is 11.5. The number of fused-ring (bicyclic) bond motifs is 2. The lowest BCUT2D eigenvalue weighted by Gasteiger charge is -2.51. The fourth-order valence-corrected chi connectivity index (χ4v) is 6.12. The molecule has 3 heterocycles. The molecule has 2 fully saturated rings. The number of carbonyl (C=O) groups is 1. The minimum atomic E-state index is -0.130. The van der Waals surface area contributed by atoms with Crippen molar-refractivity contribution in [2.45, 2.75) is 31.2 Å². The van der Waals surface area contributed by atoms with E-state index >= 15 is 0 Å². The van der Waals surface area contributed by atoms with Crippen LogP contribution in [0.2, 0.25) is 0 Å². The van der Waals surface area contributed by atoms with Gasteiger partial charge < -0.3 is 14.9 Å². The number of allylic oxidation sites excluding steroid dienone is 2. The molecule has 0 aromatic heterocycles. The summed E-state index contributed by atoms with van der Waals surface area (Å²) in [6, 6.07) is 6.27. The first-order valence-corrected chi connectivity index (χ1v) is 8.84. The highest BCUT2D eigenvalue weighted by atomic mass is 16.3. The molecule has 4 heteroatoms. The fourth-order valence-electron chi connectivity index (χ4n) is 6.12. The number of hydrogen-bond donors (Lipinski definition) is 2. The Morgan fingerprint density at radius 3 is 3.00 bits per heavy atom. The highest BCUT2D eigenvalue weighted by molar-refractivity contribution is 5.85. The molecule has 24 heavy (non-hydrogen) atoms. The highest BCUT2D eigenvalue weighted by Gasteiger charge is 2.67. The maximum absolute atomic E-state index is 12.1. The van der Waals surface area contributed by atoms with Gasteiger partial charge in [-0.05, 0) is 24.1 Å². The molecule has 124 valence electrons. The smallest absolute Gasteiger partial charge is 0.148 e. The van der Waals surface area contributed by atoms with Crippen LogP contribution in [0.5, 0.6) is 5.75 Å². The minimum Gasteiger partial charge on any atom is -0.506 e. The molecule has 1 spiro atoms. The van der Waals surface area contributed by atoms with Crippen LogP contribution in [0, 0.1) is 5.92 Å². The third-order valence-corrected chi connectivity index (χ3v) is 7.17. The van der Waals surface area contributed by atoms with Crippen molar-refractivity contribution >= 4 is 12.0 Å². The van der Waals surface area contributed by atoms with E-state index in [2.05, 4.69) is 31.4 Å². The van der Waals surface area contributed by atoms with Crippen molar-refractivity contribution in [3.63, 3.8) is 0 Å². The third kappa shape index (κ3) is 1.38. The van der Waals surface area contributed by atoms with Crippen LogP contribution < -0.4 is 5.32 Å². The van der Waals surface area contributed by atoms with Gasteiger partial charge in [0.25, 0.3) is 0 Å². The summed E-state index contributed by atoms with van der Waals surface area (Å²) in [6.45, 7) is 4.24. The molecular formula is C20H23N2O2+. The van der Waals surface area contributed by atoms with Crippen molar-refractivity contribution in [1.29, 1.82) is 0 Å². The molecule has 1 aromatic carbocycles. The molecular weight excluding hydrogens is 300 g/mol. The van der Waals surface area contributed by atoms with Gasteiger partial charge in [0.2, 0.25) is 0 Å². The number of benzene rings is 1. The second-order valence-electron chi connectivity index (χ2n) is 8.02. The largest absolute Gasteiger partial charge is 0.506 e. The molecule has 0 radical (unpaired) electrons. The number of aldehydes is 1. The molecule has 0 amide bonds. The minimum absolute atomic E-state index is 0.130. The Balaban J connectivity index is 1.86. The number of piperidine rings is 1. The van der Waals surface area contributed by atoms with Crippen LogP contribution in [0.25, 0.3) is 0 Å². The Morgan fingerprint density at radius 2 is 2.25 bits per heavy atom. The Bertz CT molecular complexity index is 840. The predicted octanol–water partition coefficient (Wildman–Crippen LogP) is 2.71. The topological polar surface area (TPSA) is 49.3 Å². The molecule has 2 N–H and O–H groups in total. The van der Waals surface area contributed by atoms with Crippen LogP contribution >= 0.6 is 0 Å². The summed E-state index contributed by atoms with van der Waals surface area (Å²) in [5.74, 6) is 0.518. The lowest BCUT2D eigenvalue weighted by molar-refractivity contribution is -0.923. The van der Waals surface area contributed by atoms with E-state index in [4.69, 9.17) is 0 Å². The molecule has 4 aliphatic rings. The van der Waals surface area contributed by atoms with Gasteiger partial charge in [0.15, 0.2) is 0 Å². The standard InChI is InChI=1S/C20H22N2O2/c1-3-12-10-22(2)8-7-20-15-5-4-6-16(24)18(15)21-19(20)14(11-23)13(12)9-17(20)22/h3-6,11,13,17H,7-10H2,1-2H3,(H-,21,23,24)/p+1/t13-,17-,20+,22?/m0/s1. The zero-order chi connectivity index (χ0) is 16.7. The van der Waals surface area contributed by atoms with Gasteiger partial charge in [-0.1, -0.05) is 18.2 Å². The van der Waals surface area contributed by atoms with Crippen molar-refractivity contribution < 1.29 is 14.4 Å². The number of phenols is 1. The van der Waals surface area contributed by atoms with E-state index in [1.54, 1.807) is 6.07 Å². The van der Waals surface area contributed by atoms with E-state index in [0.717, 1.165) is 53.7 Å². The number of phenolic OH excluding ortho intramolecular Hbond substituents is 1. The van der Waals surface area contributed by atoms with E-state index in [-0.39, 0.29) is 17.1 Å². The van der Waals surface area contributed by atoms with E-state index in [1.165, 1.54) is 11.1 Å². The Labute approximate surface area is 142 Å². The lowest BCUT2D eigenvalue weighted by atomic mass is 9.61. The number of hydrogen-bond acceptors (Lipinski definition) is 3. The van der Waals surface area contributed by atoms with Crippen LogP contribution in [-0.4, -0.2) is 42.1 Å². The SMILES string of the molecule is CC=C1C[N+]2(C)CC[C@]34C(=C(C=O)[C@H]1C[C@@H]32)Nc1c(O)cccc14. The van der Waals surface area contributed by atoms with Gasteiger partial charge in [-0.3, -0.25) is 4.79 Å². The van der Waals surface area contributed by atoms with Crippen molar-refractivity contribution in [1.82, 2.24) is 0 Å². The second kappa shape index (κ2) is 4.31. The average molecular weight is 323 g/mol. The van der Waals surface area contributed by atoms with E-state index in [9.17, 15) is 9.90 Å². The summed E-state index contributed by atoms with van der Waals surface area (Å²) in [7, 11) is 2.36. The molecule has 4 atom stereocenters. The number of nitrogens with one attached hydrogen (secondary N) is 1. The van der Waals surface area contributed by atoms with Gasteiger partial charge in [-0.15, -0.1) is 0 Å². The van der Waals surface area contributed by atoms with Crippen LogP contribution in [0.3, 0.4) is 0 Å². The van der Waals surface area contributed by atoms with Crippen molar-refractivity contribution in [3.05, 3.63) is 46.7 Å². The van der Waals surface area contributed by atoms with Crippen LogP contribution in [0.1, 0.15) is 25.3 Å². The van der Waals surface area contributed by atoms with Gasteiger partial charge >= 0.3 is 0 Å². The second-order valence-corrected chi connectivity index (χ2v) is 8.02. The monoisotopic (exact) mass is 323 g/mol. The summed E-state index contributed by atoms with van der Waals surface area (Å²) >= 11 is 0. The maximum atomic E-state index is 12.1. The number of anilines is 1. The molecule has 2 saturated heterocycles. The number of quaternary nitrogens is 1. The first-order valence-electron chi connectivity index (χ1n) is 8.84. The summed E-state index contributed by atoms with van der Waals surface area (Å²) < 4.78 is 1.04. The van der Waals surface area contributed by atoms with Gasteiger partial charge in [0.1, 0.15) is 24.6 Å². The number of rotatable bonds is 1. The lowest BCUT2D eigenvalue weighted by Crippen LogP contribution is -2.61. The van der Waals surface area contributed by atoms with Crippen molar-refractivity contribution in [2.24, 2.45) is 5.92 Å². The summed E-state index contributed by atoms with van der Waals surface area (Å²) in [6.07, 6.45) is 5.34. The van der Waals surface area contributed by atoms with E-state index in [0.29, 0.717) is 6.04 Å². The van der Waals surface area contributed by atoms with Crippen molar-refractivity contribution in [2.75, 3.05) is 25.5 Å². The Hall–Kier alpha value is -2.07. The van der Waals surface area contributed by atoms with Gasteiger partial charge in [-0.2, -0.15) is 0 Å². The Kier molecular flexibility index (Phi) is 2.56. The molecule has 3 aliphatic heterocycles. The summed E-state index contributed by atoms with van der Waals surface area (Å²) in [5, 5.41) is 13.8. The fraction of sp³-hybridized carbons (Fsp3) is 0.450. The summed E-state index contributed by atoms with van der Waals surface area (Å²) in [5.41, 5.74) is 5.23. The quantitative estimate of drug-likeness (QED) is 0.362. The van der Waals surface area contributed by atoms with E-state index < -0.39 is 0 Å². The summed E-state index contributed by atoms with van der Waals surface area (Å²) in [4.78, 5) is 12.1. The number of carbonyl (C=O) groups excluding carboxylic acids is 1. The number of nitrogens with zero attached hydrogens (tertiary/aromatic N) is 1. The molecule has 2 bridgehead atoms. The van der Waals surface area contributed by atoms with Crippen LogP contribution in [0.4, 0.5) is 5.69 Å². The zero-order valence-electron chi connectivity index (χ0n) is 14.2. The number of para-hydroxylation sites is 1. The highest BCUT2D eigenvalue weighted by Crippen LogP contribution is 2.63. The molecule has 0 saturated carbocycles. The molecule has 1 aromatic rings. The Morgan fingerprint density at radius 1 is 1.42 bits per heavy atom. The number of aromatic hydroxyl groups is 1.